The number of rotatable bonds is 16. The van der Waals surface area contributed by atoms with Gasteiger partial charge in [0.1, 0.15) is 4.90 Å². The predicted molar refractivity (Wildman–Crippen MR) is 207 cm³/mol. The maximum Gasteiger partial charge on any atom is 0.295 e. The molecule has 0 amide bonds. The zero-order chi connectivity index (χ0) is 37.9. The van der Waals surface area contributed by atoms with Crippen molar-refractivity contribution >= 4 is 92.8 Å². The Bertz CT molecular complexity index is 2360. The summed E-state index contributed by atoms with van der Waals surface area (Å²) in [4.78, 5) is 26.2. The summed E-state index contributed by atoms with van der Waals surface area (Å²) >= 11 is 0.689. The molecular formula is C34H32N12O6S2. The van der Waals surface area contributed by atoms with Crippen molar-refractivity contribution in [2.45, 2.75) is 9.79 Å². The van der Waals surface area contributed by atoms with Gasteiger partial charge in [0.25, 0.3) is 10.1 Å². The van der Waals surface area contributed by atoms with Crippen LogP contribution in [0.1, 0.15) is 11.1 Å². The molecule has 0 spiro atoms. The SMILES string of the molecule is CNc1nc(Nc2ccccc2)nc(Nc2ccc(/C=C/c3ccc(Nc4nc(NC)nc(Nc5ccccc5)n4)cc3S(=O)(=O)O)c(SOOO)c2)n1. The van der Waals surface area contributed by atoms with E-state index in [-0.39, 0.29) is 39.9 Å². The van der Waals surface area contributed by atoms with Crippen LogP contribution in [0.5, 0.6) is 0 Å². The quantitative estimate of drug-likeness (QED) is 0.0163. The van der Waals surface area contributed by atoms with E-state index < -0.39 is 10.1 Å². The lowest BCUT2D eigenvalue weighted by Gasteiger charge is -2.12. The first-order valence-corrected chi connectivity index (χ1v) is 18.0. The molecule has 0 atom stereocenters. The lowest BCUT2D eigenvalue weighted by molar-refractivity contribution is -0.432. The van der Waals surface area contributed by atoms with Gasteiger partial charge in [-0.3, -0.25) is 4.55 Å². The Balaban J connectivity index is 1.24. The molecular weight excluding hydrogens is 737 g/mol. The zero-order valence-electron chi connectivity index (χ0n) is 28.4. The third-order valence-corrected chi connectivity index (χ3v) is 8.76. The van der Waals surface area contributed by atoms with Crippen molar-refractivity contribution in [3.63, 3.8) is 0 Å². The van der Waals surface area contributed by atoms with Crippen molar-refractivity contribution in [2.24, 2.45) is 0 Å². The number of benzene rings is 4. The van der Waals surface area contributed by atoms with E-state index >= 15 is 0 Å². The van der Waals surface area contributed by atoms with Crippen molar-refractivity contribution in [3.8, 4) is 0 Å². The van der Waals surface area contributed by atoms with Crippen LogP contribution in [0.25, 0.3) is 12.2 Å². The molecule has 4 aromatic carbocycles. The van der Waals surface area contributed by atoms with E-state index in [0.29, 0.717) is 40.1 Å². The smallest absolute Gasteiger partial charge is 0.295 e. The van der Waals surface area contributed by atoms with Crippen LogP contribution < -0.4 is 31.9 Å². The van der Waals surface area contributed by atoms with E-state index in [0.717, 1.165) is 11.4 Å². The molecule has 0 saturated carbocycles. The monoisotopic (exact) mass is 768 g/mol. The Morgan fingerprint density at radius 2 is 1.00 bits per heavy atom. The van der Waals surface area contributed by atoms with Gasteiger partial charge in [0.2, 0.25) is 35.7 Å². The number of hydrogen-bond acceptors (Lipinski definition) is 18. The summed E-state index contributed by atoms with van der Waals surface area (Å²) in [6.07, 6.45) is 3.09. The van der Waals surface area contributed by atoms with Crippen molar-refractivity contribution in [1.82, 2.24) is 29.9 Å². The van der Waals surface area contributed by atoms with Crippen LogP contribution >= 0.6 is 12.0 Å². The largest absolute Gasteiger partial charge is 0.357 e. The fraction of sp³-hybridized carbons (Fsp3) is 0.0588. The molecule has 0 radical (unpaired) electrons. The minimum Gasteiger partial charge on any atom is -0.357 e. The molecule has 2 aromatic heterocycles. The van der Waals surface area contributed by atoms with Gasteiger partial charge < -0.3 is 31.9 Å². The lowest BCUT2D eigenvalue weighted by Crippen LogP contribution is -2.08. The number of nitrogens with one attached hydrogen (secondary N) is 6. The van der Waals surface area contributed by atoms with E-state index in [9.17, 15) is 13.0 Å². The third kappa shape index (κ3) is 10.1. The predicted octanol–water partition coefficient (Wildman–Crippen LogP) is 6.96. The summed E-state index contributed by atoms with van der Waals surface area (Å²) in [5.74, 6) is 1.44. The number of anilines is 10. The molecule has 20 heteroatoms. The summed E-state index contributed by atoms with van der Waals surface area (Å²) in [6.45, 7) is 0. The fourth-order valence-corrected chi connectivity index (χ4v) is 6.01. The van der Waals surface area contributed by atoms with Gasteiger partial charge in [-0.25, -0.2) is 5.26 Å². The number of aromatic nitrogens is 6. The molecule has 6 aromatic rings. The molecule has 0 saturated heterocycles. The molecule has 0 bridgehead atoms. The van der Waals surface area contributed by atoms with Crippen molar-refractivity contribution in [2.75, 3.05) is 46.0 Å². The van der Waals surface area contributed by atoms with Crippen LogP contribution in [0.4, 0.5) is 58.4 Å². The molecule has 0 aliphatic rings. The van der Waals surface area contributed by atoms with E-state index in [4.69, 9.17) is 9.59 Å². The second-order valence-electron chi connectivity index (χ2n) is 10.9. The van der Waals surface area contributed by atoms with Crippen LogP contribution in [0, 0.1) is 0 Å². The highest BCUT2D eigenvalue weighted by Gasteiger charge is 2.17. The van der Waals surface area contributed by atoms with E-state index in [1.165, 1.54) is 18.2 Å². The molecule has 18 nitrogen and oxygen atoms in total. The molecule has 0 fully saturated rings. The summed E-state index contributed by atoms with van der Waals surface area (Å²) in [5.41, 5.74) is 3.05. The molecule has 0 unspecified atom stereocenters. The van der Waals surface area contributed by atoms with Crippen LogP contribution in [-0.4, -0.2) is 62.2 Å². The highest BCUT2D eigenvalue weighted by molar-refractivity contribution is 7.94. The van der Waals surface area contributed by atoms with E-state index in [2.05, 4.69) is 66.8 Å². The van der Waals surface area contributed by atoms with Crippen molar-refractivity contribution in [3.05, 3.63) is 108 Å². The van der Waals surface area contributed by atoms with Gasteiger partial charge in [0, 0.05) is 41.7 Å². The number of para-hydroxylation sites is 2. The summed E-state index contributed by atoms with van der Waals surface area (Å²) < 4.78 is 40.0. The van der Waals surface area contributed by atoms with Gasteiger partial charge in [-0.05, 0) is 59.7 Å². The van der Waals surface area contributed by atoms with Crippen LogP contribution in [0.3, 0.4) is 0 Å². The molecule has 2 heterocycles. The average molecular weight is 769 g/mol. The maximum atomic E-state index is 12.6. The van der Waals surface area contributed by atoms with Gasteiger partial charge in [-0.1, -0.05) is 65.7 Å². The normalized spacial score (nSPS) is 11.3. The summed E-state index contributed by atoms with van der Waals surface area (Å²) in [6, 6.07) is 28.1. The van der Waals surface area contributed by atoms with Crippen molar-refractivity contribution < 1.29 is 27.6 Å². The van der Waals surface area contributed by atoms with Gasteiger partial charge >= 0.3 is 0 Å². The summed E-state index contributed by atoms with van der Waals surface area (Å²) in [7, 11) is -1.37. The van der Waals surface area contributed by atoms with Gasteiger partial charge in [-0.2, -0.15) is 38.3 Å². The number of nitrogens with zero attached hydrogens (tertiary/aromatic N) is 6. The highest BCUT2D eigenvalue weighted by atomic mass is 32.2. The van der Waals surface area contributed by atoms with Gasteiger partial charge in [0.15, 0.2) is 0 Å². The third-order valence-electron chi connectivity index (χ3n) is 7.19. The first-order chi connectivity index (χ1) is 26.2. The Morgan fingerprint density at radius 3 is 1.46 bits per heavy atom. The Hall–Kier alpha value is -6.42. The second-order valence-corrected chi connectivity index (χ2v) is 13.0. The lowest BCUT2D eigenvalue weighted by atomic mass is 10.1. The molecule has 8 N–H and O–H groups in total. The average Bonchev–Trinajstić information content (AvgIpc) is 3.17. The Kier molecular flexibility index (Phi) is 12.0. The highest BCUT2D eigenvalue weighted by Crippen LogP contribution is 2.31. The van der Waals surface area contributed by atoms with Gasteiger partial charge in [0.05, 0.1) is 12.0 Å². The topological polar surface area (TPSA) is 243 Å². The molecule has 6 rings (SSSR count). The molecule has 54 heavy (non-hydrogen) atoms. The summed E-state index contributed by atoms with van der Waals surface area (Å²) in [5, 5.41) is 30.8. The van der Waals surface area contributed by atoms with Crippen LogP contribution in [-0.2, 0) is 19.5 Å². The zero-order valence-corrected chi connectivity index (χ0v) is 30.1. The van der Waals surface area contributed by atoms with E-state index in [1.54, 1.807) is 44.4 Å². The van der Waals surface area contributed by atoms with Gasteiger partial charge in [-0.15, -0.1) is 4.33 Å². The molecule has 276 valence electrons. The maximum absolute atomic E-state index is 12.6. The molecule has 0 aliphatic carbocycles. The minimum atomic E-state index is -4.70. The van der Waals surface area contributed by atoms with Crippen LogP contribution in [0.15, 0.2) is 107 Å². The van der Waals surface area contributed by atoms with E-state index in [1.807, 2.05) is 60.7 Å². The Morgan fingerprint density at radius 1 is 0.574 bits per heavy atom. The first kappa shape index (κ1) is 37.3. The Labute approximate surface area is 313 Å². The van der Waals surface area contributed by atoms with Crippen LogP contribution in [0.2, 0.25) is 0 Å². The first-order valence-electron chi connectivity index (χ1n) is 15.8. The fourth-order valence-electron chi connectivity index (χ4n) is 4.79. The molecule has 0 aliphatic heterocycles. The van der Waals surface area contributed by atoms with Crippen molar-refractivity contribution in [1.29, 1.82) is 0 Å². The number of hydrogen-bond donors (Lipinski definition) is 8. The standard InChI is InChI=1S/C34H32N12O6S2/c1-35-29-41-31(37-23-9-5-3-6-10-23)45-33(43-29)39-25-17-15-21(27(19-25)53-52-51-47)13-14-22-16-18-26(20-28(22)54(48,49)50)40-34-44-30(36-2)42-32(46-34)38-24-11-7-4-8-12-24/h3-20,47H,1-2H3,(H,48,49,50)(H3,35,37,39,41,43,45)(H3,36,38,40,42,44,46)/b14-13+. The second kappa shape index (κ2) is 17.4. The minimum absolute atomic E-state index is 0.113.